The Bertz CT molecular complexity index is 1130. The number of thioether (sulfide) groups is 1. The van der Waals surface area contributed by atoms with Gasteiger partial charge in [0.2, 0.25) is 5.91 Å². The lowest BCUT2D eigenvalue weighted by Gasteiger charge is -2.31. The summed E-state index contributed by atoms with van der Waals surface area (Å²) in [6, 6.07) is 10.0. The molecule has 10 heteroatoms. The fraction of sp³-hybridized carbons (Fsp3) is 0.348. The Morgan fingerprint density at radius 1 is 1.18 bits per heavy atom. The van der Waals surface area contributed by atoms with Crippen LogP contribution >= 0.6 is 11.8 Å². The molecule has 172 valence electrons. The fourth-order valence-electron chi connectivity index (χ4n) is 3.97. The zero-order valence-electron chi connectivity index (χ0n) is 18.2. The van der Waals surface area contributed by atoms with Gasteiger partial charge in [-0.3, -0.25) is 29.4 Å². The smallest absolute Gasteiger partial charge is 0.294 e. The molecule has 0 spiro atoms. The molecule has 0 bridgehead atoms. The number of para-hydroxylation sites is 1. The molecule has 0 aliphatic carbocycles. The molecular weight excluding hydrogens is 444 g/mol. The number of rotatable bonds is 6. The van der Waals surface area contributed by atoms with E-state index in [2.05, 4.69) is 6.92 Å². The zero-order chi connectivity index (χ0) is 23.5. The van der Waals surface area contributed by atoms with Crippen molar-refractivity contribution in [3.63, 3.8) is 0 Å². The number of nitrogens with zero attached hydrogens (tertiary/aromatic N) is 4. The predicted octanol–water partition coefficient (Wildman–Crippen LogP) is 3.74. The lowest BCUT2D eigenvalue weighted by molar-refractivity contribution is -0.385. The van der Waals surface area contributed by atoms with E-state index in [1.165, 1.54) is 6.07 Å². The number of carbonyl (C=O) groups excluding carboxylic acids is 3. The third-order valence-corrected chi connectivity index (χ3v) is 6.88. The molecule has 9 nitrogen and oxygen atoms in total. The van der Waals surface area contributed by atoms with Crippen molar-refractivity contribution in [2.45, 2.75) is 26.3 Å². The highest BCUT2D eigenvalue weighted by molar-refractivity contribution is 8.18. The molecule has 2 aliphatic heterocycles. The van der Waals surface area contributed by atoms with Crippen molar-refractivity contribution in [3.8, 4) is 0 Å². The molecule has 3 heterocycles. The normalized spacial score (nSPS) is 18.4. The topological polar surface area (TPSA) is 106 Å². The van der Waals surface area contributed by atoms with Crippen molar-refractivity contribution in [2.24, 2.45) is 5.92 Å². The largest absolute Gasteiger partial charge is 0.343 e. The summed E-state index contributed by atoms with van der Waals surface area (Å²) in [6.07, 6.45) is 5.19. The minimum absolute atomic E-state index is 0.0168. The maximum Gasteiger partial charge on any atom is 0.294 e. The van der Waals surface area contributed by atoms with Crippen LogP contribution in [0.5, 0.6) is 0 Å². The van der Waals surface area contributed by atoms with Crippen LogP contribution in [-0.4, -0.2) is 56.0 Å². The van der Waals surface area contributed by atoms with Crippen molar-refractivity contribution < 1.29 is 19.3 Å². The Hall–Kier alpha value is -3.40. The van der Waals surface area contributed by atoms with E-state index in [1.54, 1.807) is 52.1 Å². The Balaban J connectivity index is 1.48. The molecular formula is C23H24N4O5S. The van der Waals surface area contributed by atoms with Crippen LogP contribution in [0.15, 0.2) is 47.5 Å². The number of amides is 3. The van der Waals surface area contributed by atoms with Gasteiger partial charge in [0.1, 0.15) is 6.54 Å². The first-order valence-corrected chi connectivity index (χ1v) is 11.6. The van der Waals surface area contributed by atoms with Crippen molar-refractivity contribution in [2.75, 3.05) is 19.6 Å². The summed E-state index contributed by atoms with van der Waals surface area (Å²) in [5.74, 6) is -0.143. The maximum absolute atomic E-state index is 12.9. The highest BCUT2D eigenvalue weighted by Crippen LogP contribution is 2.32. The van der Waals surface area contributed by atoms with Crippen molar-refractivity contribution >= 4 is 40.6 Å². The predicted molar refractivity (Wildman–Crippen MR) is 124 cm³/mol. The molecule has 0 N–H and O–H groups in total. The lowest BCUT2D eigenvalue weighted by atomic mass is 9.99. The quantitative estimate of drug-likeness (QED) is 0.363. The summed E-state index contributed by atoms with van der Waals surface area (Å²) < 4.78 is 1.77. The number of imide groups is 1. The summed E-state index contributed by atoms with van der Waals surface area (Å²) in [5.41, 5.74) is 1.18. The van der Waals surface area contributed by atoms with Gasteiger partial charge in [-0.15, -0.1) is 0 Å². The van der Waals surface area contributed by atoms with E-state index in [9.17, 15) is 24.5 Å². The highest BCUT2D eigenvalue weighted by Gasteiger charge is 2.37. The minimum atomic E-state index is -0.498. The molecule has 0 radical (unpaired) electrons. The molecule has 0 saturated carbocycles. The number of hydrogen-bond donors (Lipinski definition) is 0. The Morgan fingerprint density at radius 3 is 2.64 bits per heavy atom. The first-order valence-electron chi connectivity index (χ1n) is 10.7. The maximum atomic E-state index is 12.9. The van der Waals surface area contributed by atoms with Crippen LogP contribution in [0, 0.1) is 16.0 Å². The number of nitro groups is 1. The summed E-state index contributed by atoms with van der Waals surface area (Å²) in [7, 11) is 0. The molecule has 0 unspecified atom stereocenters. The van der Waals surface area contributed by atoms with E-state index in [0.717, 1.165) is 29.5 Å². The van der Waals surface area contributed by atoms with E-state index < -0.39 is 16.1 Å². The number of likely N-dealkylation sites (tertiary alicyclic amines) is 1. The van der Waals surface area contributed by atoms with E-state index in [1.807, 2.05) is 0 Å². The van der Waals surface area contributed by atoms with Crippen molar-refractivity contribution in [3.05, 3.63) is 68.9 Å². The number of aromatic nitrogens is 1. The highest BCUT2D eigenvalue weighted by atomic mass is 32.2. The molecule has 33 heavy (non-hydrogen) atoms. The second-order valence-corrected chi connectivity index (χ2v) is 9.27. The first kappa shape index (κ1) is 22.8. The van der Waals surface area contributed by atoms with Crippen molar-refractivity contribution in [1.29, 1.82) is 0 Å². The lowest BCUT2D eigenvalue weighted by Crippen LogP contribution is -2.45. The molecule has 2 saturated heterocycles. The summed E-state index contributed by atoms with van der Waals surface area (Å²) in [5, 5.41) is 10.8. The Kier molecular flexibility index (Phi) is 6.64. The second kappa shape index (κ2) is 9.62. The zero-order valence-corrected chi connectivity index (χ0v) is 19.0. The number of benzene rings is 1. The van der Waals surface area contributed by atoms with E-state index in [4.69, 9.17) is 0 Å². The van der Waals surface area contributed by atoms with Crippen LogP contribution in [0.25, 0.3) is 6.08 Å². The number of piperidine rings is 1. The van der Waals surface area contributed by atoms with E-state index in [0.29, 0.717) is 30.3 Å². The molecule has 2 fully saturated rings. The van der Waals surface area contributed by atoms with Gasteiger partial charge in [-0.25, -0.2) is 0 Å². The molecule has 2 aliphatic rings. The molecule has 2 aromatic rings. The average Bonchev–Trinajstić information content (AvgIpc) is 3.33. The summed E-state index contributed by atoms with van der Waals surface area (Å²) in [6.45, 7) is 3.42. The number of carbonyl (C=O) groups is 3. The van der Waals surface area contributed by atoms with Gasteiger partial charge in [0, 0.05) is 36.6 Å². The molecule has 1 aromatic heterocycles. The average molecular weight is 469 g/mol. The Morgan fingerprint density at radius 2 is 1.91 bits per heavy atom. The second-order valence-electron chi connectivity index (χ2n) is 8.28. The fourth-order valence-corrected chi connectivity index (χ4v) is 4.80. The van der Waals surface area contributed by atoms with Crippen LogP contribution in [0.3, 0.4) is 0 Å². The van der Waals surface area contributed by atoms with Gasteiger partial charge >= 0.3 is 0 Å². The summed E-state index contributed by atoms with van der Waals surface area (Å²) >= 11 is 0.798. The number of hydrogen-bond acceptors (Lipinski definition) is 6. The van der Waals surface area contributed by atoms with Gasteiger partial charge in [0.15, 0.2) is 0 Å². The van der Waals surface area contributed by atoms with Gasteiger partial charge in [-0.05, 0) is 48.7 Å². The number of nitro benzene ring substituents is 1. The van der Waals surface area contributed by atoms with Crippen LogP contribution < -0.4 is 0 Å². The van der Waals surface area contributed by atoms with Crippen LogP contribution in [0.2, 0.25) is 0 Å². The monoisotopic (exact) mass is 468 g/mol. The first-order chi connectivity index (χ1) is 15.8. The third kappa shape index (κ3) is 5.00. The van der Waals surface area contributed by atoms with Crippen LogP contribution in [-0.2, 0) is 16.1 Å². The SMILES string of the molecule is CC1CCN(C(=O)CN2C(=O)S/C(=C/c3cccn3Cc3ccccc3[N+](=O)[O-])C2=O)CC1. The summed E-state index contributed by atoms with van der Waals surface area (Å²) in [4.78, 5) is 51.8. The molecule has 1 aromatic carbocycles. The third-order valence-electron chi connectivity index (χ3n) is 5.98. The molecule has 4 rings (SSSR count). The Labute approximate surface area is 195 Å². The minimum Gasteiger partial charge on any atom is -0.343 e. The van der Waals surface area contributed by atoms with Gasteiger partial charge in [-0.1, -0.05) is 25.1 Å². The molecule has 3 amide bonds. The van der Waals surface area contributed by atoms with Gasteiger partial charge in [-0.2, -0.15) is 0 Å². The molecule has 0 atom stereocenters. The van der Waals surface area contributed by atoms with E-state index >= 15 is 0 Å². The van der Waals surface area contributed by atoms with Crippen molar-refractivity contribution in [1.82, 2.24) is 14.4 Å². The van der Waals surface area contributed by atoms with Crippen LogP contribution in [0.1, 0.15) is 31.0 Å². The van der Waals surface area contributed by atoms with Gasteiger partial charge in [0.05, 0.1) is 16.4 Å². The van der Waals surface area contributed by atoms with Crippen LogP contribution in [0.4, 0.5) is 10.5 Å². The van der Waals surface area contributed by atoms with E-state index in [-0.39, 0.29) is 29.6 Å². The van der Waals surface area contributed by atoms with Gasteiger partial charge < -0.3 is 9.47 Å². The standard InChI is InChI=1S/C23H24N4O5S/c1-16-8-11-24(12-9-16)21(28)15-26-22(29)20(33-23(26)30)13-18-6-4-10-25(18)14-17-5-2-3-7-19(17)27(31)32/h2-7,10,13,16H,8-9,11-12,14-15H2,1H3/b20-13+. The van der Waals surface area contributed by atoms with Gasteiger partial charge in [0.25, 0.3) is 16.8 Å².